The lowest BCUT2D eigenvalue weighted by molar-refractivity contribution is -0.139. The molecule has 1 heterocycles. The molecule has 0 bridgehead atoms. The standard InChI is InChI=1S/C17H25NO2/c1-17(2)9-6-11-18(12-10-17)13-15(16(19)20)14-7-4-3-5-8-14/h3-5,7-8,15H,6,9-13H2,1-2H3,(H,19,20). The van der Waals surface area contributed by atoms with E-state index in [9.17, 15) is 9.90 Å². The number of carboxylic acids is 1. The van der Waals surface area contributed by atoms with Crippen LogP contribution in [0.4, 0.5) is 0 Å². The van der Waals surface area contributed by atoms with E-state index in [1.807, 2.05) is 30.3 Å². The number of hydrogen-bond donors (Lipinski definition) is 1. The number of benzene rings is 1. The fourth-order valence-electron chi connectivity index (χ4n) is 2.93. The summed E-state index contributed by atoms with van der Waals surface area (Å²) >= 11 is 0. The van der Waals surface area contributed by atoms with E-state index in [1.165, 1.54) is 6.42 Å². The molecule has 1 aromatic rings. The zero-order valence-electron chi connectivity index (χ0n) is 12.5. The molecule has 1 aliphatic heterocycles. The molecule has 0 radical (unpaired) electrons. The lowest BCUT2D eigenvalue weighted by Gasteiger charge is -2.25. The molecule has 1 fully saturated rings. The largest absolute Gasteiger partial charge is 0.481 e. The first-order valence-corrected chi connectivity index (χ1v) is 7.48. The maximum Gasteiger partial charge on any atom is 0.312 e. The van der Waals surface area contributed by atoms with Gasteiger partial charge < -0.3 is 10.0 Å². The summed E-state index contributed by atoms with van der Waals surface area (Å²) in [5.41, 5.74) is 1.30. The molecule has 110 valence electrons. The van der Waals surface area contributed by atoms with Crippen molar-refractivity contribution in [2.75, 3.05) is 19.6 Å². The summed E-state index contributed by atoms with van der Waals surface area (Å²) in [6.07, 6.45) is 3.54. The lowest BCUT2D eigenvalue weighted by Crippen LogP contribution is -2.33. The number of hydrogen-bond acceptors (Lipinski definition) is 2. The van der Waals surface area contributed by atoms with Crippen LogP contribution in [0.25, 0.3) is 0 Å². The Balaban J connectivity index is 2.04. The summed E-state index contributed by atoms with van der Waals surface area (Å²) < 4.78 is 0. The van der Waals surface area contributed by atoms with Gasteiger partial charge in [-0.1, -0.05) is 44.2 Å². The molecule has 1 N–H and O–H groups in total. The van der Waals surface area contributed by atoms with Crippen LogP contribution in [0.2, 0.25) is 0 Å². The van der Waals surface area contributed by atoms with E-state index in [0.717, 1.165) is 31.5 Å². The summed E-state index contributed by atoms with van der Waals surface area (Å²) in [4.78, 5) is 13.9. The van der Waals surface area contributed by atoms with Crippen LogP contribution in [0.5, 0.6) is 0 Å². The van der Waals surface area contributed by atoms with Gasteiger partial charge in [0, 0.05) is 6.54 Å². The first-order chi connectivity index (χ1) is 9.48. The molecule has 20 heavy (non-hydrogen) atoms. The highest BCUT2D eigenvalue weighted by molar-refractivity contribution is 5.76. The van der Waals surface area contributed by atoms with Crippen molar-refractivity contribution in [2.45, 2.75) is 39.0 Å². The normalized spacial score (nSPS) is 21.1. The minimum atomic E-state index is -0.722. The maximum atomic E-state index is 11.6. The summed E-state index contributed by atoms with van der Waals surface area (Å²) in [6.45, 7) is 7.25. The van der Waals surface area contributed by atoms with Gasteiger partial charge in [0.2, 0.25) is 0 Å². The first kappa shape index (κ1) is 15.0. The fourth-order valence-corrected chi connectivity index (χ4v) is 2.93. The minimum absolute atomic E-state index is 0.389. The van der Waals surface area contributed by atoms with E-state index in [2.05, 4.69) is 18.7 Å². The molecule has 1 atom stereocenters. The quantitative estimate of drug-likeness (QED) is 0.916. The molecule has 1 aliphatic rings. The number of aliphatic carboxylic acids is 1. The molecule has 2 rings (SSSR count). The van der Waals surface area contributed by atoms with Crippen LogP contribution in [0.3, 0.4) is 0 Å². The topological polar surface area (TPSA) is 40.5 Å². The van der Waals surface area contributed by atoms with E-state index >= 15 is 0 Å². The fraction of sp³-hybridized carbons (Fsp3) is 0.588. The molecular weight excluding hydrogens is 250 g/mol. The van der Waals surface area contributed by atoms with E-state index < -0.39 is 11.9 Å². The molecule has 1 aromatic carbocycles. The van der Waals surface area contributed by atoms with Gasteiger partial charge in [0.1, 0.15) is 0 Å². The van der Waals surface area contributed by atoms with Crippen LogP contribution in [0.1, 0.15) is 44.6 Å². The van der Waals surface area contributed by atoms with Gasteiger partial charge in [-0.15, -0.1) is 0 Å². The number of nitrogens with zero attached hydrogens (tertiary/aromatic N) is 1. The minimum Gasteiger partial charge on any atom is -0.481 e. The van der Waals surface area contributed by atoms with Gasteiger partial charge in [0.25, 0.3) is 0 Å². The Morgan fingerprint density at radius 2 is 1.95 bits per heavy atom. The van der Waals surface area contributed by atoms with Gasteiger partial charge in [-0.2, -0.15) is 0 Å². The Morgan fingerprint density at radius 1 is 1.25 bits per heavy atom. The van der Waals surface area contributed by atoms with Crippen molar-refractivity contribution < 1.29 is 9.90 Å². The second-order valence-electron chi connectivity index (χ2n) is 6.62. The van der Waals surface area contributed by atoms with Gasteiger partial charge in [-0.3, -0.25) is 4.79 Å². The molecular formula is C17H25NO2. The van der Waals surface area contributed by atoms with Crippen molar-refractivity contribution in [3.63, 3.8) is 0 Å². The highest BCUT2D eigenvalue weighted by atomic mass is 16.4. The van der Waals surface area contributed by atoms with Crippen molar-refractivity contribution in [2.24, 2.45) is 5.41 Å². The Labute approximate surface area is 121 Å². The molecule has 0 aliphatic carbocycles. The number of rotatable bonds is 4. The zero-order chi connectivity index (χ0) is 14.6. The van der Waals surface area contributed by atoms with Crippen LogP contribution in [0, 0.1) is 5.41 Å². The SMILES string of the molecule is CC1(C)CCCN(CC(C(=O)O)c2ccccc2)CC1. The van der Waals surface area contributed by atoms with Gasteiger partial charge in [-0.25, -0.2) is 0 Å². The zero-order valence-corrected chi connectivity index (χ0v) is 12.5. The summed E-state index contributed by atoms with van der Waals surface area (Å²) in [7, 11) is 0. The van der Waals surface area contributed by atoms with E-state index in [1.54, 1.807) is 0 Å². The Hall–Kier alpha value is -1.35. The van der Waals surface area contributed by atoms with Gasteiger partial charge >= 0.3 is 5.97 Å². The average Bonchev–Trinajstić information content (AvgIpc) is 2.58. The van der Waals surface area contributed by atoms with Crippen LogP contribution < -0.4 is 0 Å². The summed E-state index contributed by atoms with van der Waals surface area (Å²) in [6, 6.07) is 9.59. The van der Waals surface area contributed by atoms with Gasteiger partial charge in [0.05, 0.1) is 5.92 Å². The molecule has 1 unspecified atom stereocenters. The van der Waals surface area contributed by atoms with E-state index in [0.29, 0.717) is 12.0 Å². The highest BCUT2D eigenvalue weighted by Gasteiger charge is 2.27. The van der Waals surface area contributed by atoms with E-state index in [4.69, 9.17) is 0 Å². The van der Waals surface area contributed by atoms with Crippen LogP contribution >= 0.6 is 0 Å². The van der Waals surface area contributed by atoms with Crippen molar-refractivity contribution in [1.82, 2.24) is 4.90 Å². The first-order valence-electron chi connectivity index (χ1n) is 7.48. The van der Waals surface area contributed by atoms with Crippen molar-refractivity contribution in [3.8, 4) is 0 Å². The Morgan fingerprint density at radius 3 is 2.60 bits per heavy atom. The van der Waals surface area contributed by atoms with Gasteiger partial charge in [-0.05, 0) is 43.3 Å². The molecule has 0 amide bonds. The number of likely N-dealkylation sites (tertiary alicyclic amines) is 1. The molecule has 0 saturated carbocycles. The summed E-state index contributed by atoms with van der Waals surface area (Å²) in [5.74, 6) is -1.14. The number of carbonyl (C=O) groups is 1. The third kappa shape index (κ3) is 4.07. The second-order valence-corrected chi connectivity index (χ2v) is 6.62. The van der Waals surface area contributed by atoms with E-state index in [-0.39, 0.29) is 0 Å². The second kappa shape index (κ2) is 6.40. The predicted molar refractivity (Wildman–Crippen MR) is 80.9 cm³/mol. The monoisotopic (exact) mass is 275 g/mol. The van der Waals surface area contributed by atoms with Crippen LogP contribution in [0.15, 0.2) is 30.3 Å². The third-order valence-electron chi connectivity index (χ3n) is 4.37. The highest BCUT2D eigenvalue weighted by Crippen LogP contribution is 2.30. The van der Waals surface area contributed by atoms with Crippen molar-refractivity contribution >= 4 is 5.97 Å². The van der Waals surface area contributed by atoms with Crippen molar-refractivity contribution in [3.05, 3.63) is 35.9 Å². The van der Waals surface area contributed by atoms with Crippen LogP contribution in [-0.4, -0.2) is 35.6 Å². The van der Waals surface area contributed by atoms with Crippen LogP contribution in [-0.2, 0) is 4.79 Å². The molecule has 0 aromatic heterocycles. The number of carboxylic acid groups (broad SMARTS) is 1. The molecule has 3 nitrogen and oxygen atoms in total. The molecule has 0 spiro atoms. The smallest absolute Gasteiger partial charge is 0.312 e. The maximum absolute atomic E-state index is 11.6. The van der Waals surface area contributed by atoms with Gasteiger partial charge in [0.15, 0.2) is 0 Å². The molecule has 1 saturated heterocycles. The summed E-state index contributed by atoms with van der Waals surface area (Å²) in [5, 5.41) is 9.50. The van der Waals surface area contributed by atoms with Crippen molar-refractivity contribution in [1.29, 1.82) is 0 Å². The third-order valence-corrected chi connectivity index (χ3v) is 4.37. The Kier molecular flexibility index (Phi) is 4.81. The predicted octanol–water partition coefficient (Wildman–Crippen LogP) is 3.37. The lowest BCUT2D eigenvalue weighted by atomic mass is 9.85. The Bertz CT molecular complexity index is 442. The average molecular weight is 275 g/mol. The molecule has 3 heteroatoms.